The Kier molecular flexibility index (Phi) is 9.86. The average Bonchev–Trinajstić information content (AvgIpc) is 3.39. The largest absolute Gasteiger partial charge is 0.0622 e. The maximum absolute atomic E-state index is 2.22. The zero-order valence-electron chi connectivity index (χ0n) is 21.9. The van der Waals surface area contributed by atoms with Crippen molar-refractivity contribution in [1.82, 2.24) is 0 Å². The van der Waals surface area contributed by atoms with Crippen molar-refractivity contribution in [2.75, 3.05) is 0 Å². The summed E-state index contributed by atoms with van der Waals surface area (Å²) in [6.07, 6.45) is 1.10. The Balaban J connectivity index is 0.000000119. The minimum absolute atomic E-state index is 0.777. The van der Waals surface area contributed by atoms with Crippen LogP contribution in [0.15, 0.2) is 170 Å². The smallest absolute Gasteiger partial charge is 0.00135 e. The summed E-state index contributed by atoms with van der Waals surface area (Å²) in [6.45, 7) is 0. The first-order valence-corrected chi connectivity index (χ1v) is 15.3. The molecule has 6 aromatic rings. The van der Waals surface area contributed by atoms with E-state index in [1.165, 1.54) is 43.5 Å². The Morgan fingerprint density at radius 3 is 0.846 bits per heavy atom. The fourth-order valence-electron chi connectivity index (χ4n) is 4.50. The summed E-state index contributed by atoms with van der Waals surface area (Å²) in [5.41, 5.74) is 5.75. The first-order valence-electron chi connectivity index (χ1n) is 13.3. The fraction of sp³-hybridized carbons (Fsp3) is 0.0270. The van der Waals surface area contributed by atoms with Crippen molar-refractivity contribution in [3.8, 4) is 11.1 Å². The molecule has 2 heteroatoms. The Morgan fingerprint density at radius 2 is 0.538 bits per heavy atom. The highest BCUT2D eigenvalue weighted by atomic mass is 31.1. The second-order valence-electron chi connectivity index (χ2n) is 9.21. The lowest BCUT2D eigenvalue weighted by Gasteiger charge is -2.00. The van der Waals surface area contributed by atoms with Gasteiger partial charge in [0.05, 0.1) is 0 Å². The van der Waals surface area contributed by atoms with Crippen LogP contribution in [0.1, 0.15) is 11.1 Å². The maximum atomic E-state index is 2.22. The number of hydrogen-bond acceptors (Lipinski definition) is 0. The highest BCUT2D eigenvalue weighted by Crippen LogP contribution is 2.35. The van der Waals surface area contributed by atoms with Gasteiger partial charge in [-0.15, -0.1) is 0 Å². The normalized spacial score (nSPS) is 10.7. The lowest BCUT2D eigenvalue weighted by molar-refractivity contribution is 1.26. The predicted octanol–water partition coefficient (Wildman–Crippen LogP) is 7.89. The molecular formula is C37H32P2. The van der Waals surface area contributed by atoms with Crippen LogP contribution in [-0.4, -0.2) is 0 Å². The Bertz CT molecular complexity index is 1350. The predicted molar refractivity (Wildman–Crippen MR) is 176 cm³/mol. The molecule has 0 saturated carbocycles. The van der Waals surface area contributed by atoms with E-state index in [-0.39, 0.29) is 0 Å². The topological polar surface area (TPSA) is 0 Å². The summed E-state index contributed by atoms with van der Waals surface area (Å²) in [5, 5.41) is 5.59. The summed E-state index contributed by atoms with van der Waals surface area (Å²) < 4.78 is 0. The van der Waals surface area contributed by atoms with E-state index in [4.69, 9.17) is 0 Å². The molecule has 0 bridgehead atoms. The molecule has 0 nitrogen and oxygen atoms in total. The van der Waals surface area contributed by atoms with Crippen molar-refractivity contribution in [3.05, 3.63) is 181 Å². The van der Waals surface area contributed by atoms with E-state index in [1.54, 1.807) is 0 Å². The average molecular weight is 539 g/mol. The van der Waals surface area contributed by atoms with E-state index in [0.717, 1.165) is 23.6 Å². The molecule has 39 heavy (non-hydrogen) atoms. The first kappa shape index (κ1) is 26.8. The molecular weight excluding hydrogens is 506 g/mol. The second-order valence-corrected chi connectivity index (χ2v) is 12.0. The number of benzene rings is 6. The van der Waals surface area contributed by atoms with Crippen LogP contribution in [0.4, 0.5) is 0 Å². The number of fused-ring (bicyclic) bond motifs is 3. The van der Waals surface area contributed by atoms with Crippen molar-refractivity contribution in [2.24, 2.45) is 0 Å². The fourth-order valence-corrected chi connectivity index (χ4v) is 6.60. The molecule has 0 heterocycles. The molecule has 0 saturated heterocycles. The SMILES string of the molecule is c1ccc(Pc2ccccc2)cc1.c1ccc(Pc2ccccc2)cc1.c1ccc2c(c1)Cc1ccccc1-2. The van der Waals surface area contributed by atoms with Crippen molar-refractivity contribution < 1.29 is 0 Å². The van der Waals surface area contributed by atoms with Gasteiger partial charge in [0.1, 0.15) is 0 Å². The molecule has 190 valence electrons. The van der Waals surface area contributed by atoms with Crippen molar-refractivity contribution in [2.45, 2.75) is 6.42 Å². The third-order valence-electron chi connectivity index (χ3n) is 6.38. The molecule has 1 aliphatic rings. The van der Waals surface area contributed by atoms with Gasteiger partial charge in [0.25, 0.3) is 0 Å². The molecule has 0 N–H and O–H groups in total. The molecule has 0 atom stereocenters. The maximum Gasteiger partial charge on any atom is -0.00135 e. The van der Waals surface area contributed by atoms with Crippen LogP contribution in [0, 0.1) is 0 Å². The summed E-state index contributed by atoms with van der Waals surface area (Å²) in [7, 11) is 1.55. The van der Waals surface area contributed by atoms with Gasteiger partial charge in [0.2, 0.25) is 0 Å². The summed E-state index contributed by atoms with van der Waals surface area (Å²) >= 11 is 0. The van der Waals surface area contributed by atoms with Gasteiger partial charge in [0.15, 0.2) is 0 Å². The highest BCUT2D eigenvalue weighted by Gasteiger charge is 2.15. The molecule has 0 aromatic heterocycles. The van der Waals surface area contributed by atoms with Crippen molar-refractivity contribution >= 4 is 38.4 Å². The molecule has 1 aliphatic carbocycles. The Morgan fingerprint density at radius 1 is 0.282 bits per heavy atom. The van der Waals surface area contributed by atoms with E-state index in [9.17, 15) is 0 Å². The van der Waals surface area contributed by atoms with Crippen molar-refractivity contribution in [3.63, 3.8) is 0 Å². The van der Waals surface area contributed by atoms with Crippen LogP contribution < -0.4 is 21.2 Å². The summed E-state index contributed by atoms with van der Waals surface area (Å²) in [6, 6.07) is 59.6. The third-order valence-corrected chi connectivity index (χ3v) is 8.87. The van der Waals surface area contributed by atoms with Crippen LogP contribution in [-0.2, 0) is 6.42 Å². The zero-order valence-corrected chi connectivity index (χ0v) is 23.9. The minimum Gasteiger partial charge on any atom is -0.0622 e. The molecule has 0 fully saturated rings. The standard InChI is InChI=1S/C13H10.2C12H11P/c1-3-7-12-10(5-1)9-11-6-2-4-8-13(11)12;2*1-3-7-11(8-4-1)13-12-9-5-2-6-10-12/h1-8H,9H2;2*1-10,13H. The van der Waals surface area contributed by atoms with Crippen LogP contribution in [0.25, 0.3) is 11.1 Å². The van der Waals surface area contributed by atoms with Gasteiger partial charge < -0.3 is 0 Å². The van der Waals surface area contributed by atoms with Gasteiger partial charge in [-0.3, -0.25) is 0 Å². The van der Waals surface area contributed by atoms with Gasteiger partial charge in [-0.25, -0.2) is 0 Å². The van der Waals surface area contributed by atoms with Crippen molar-refractivity contribution in [1.29, 1.82) is 0 Å². The minimum atomic E-state index is 0.777. The van der Waals surface area contributed by atoms with E-state index < -0.39 is 0 Å². The zero-order chi connectivity index (χ0) is 26.5. The van der Waals surface area contributed by atoms with E-state index in [1.807, 2.05) is 0 Å². The van der Waals surface area contributed by atoms with Gasteiger partial charge in [0, 0.05) is 0 Å². The van der Waals surface area contributed by atoms with E-state index >= 15 is 0 Å². The molecule has 6 aromatic carbocycles. The number of rotatable bonds is 4. The lowest BCUT2D eigenvalue weighted by atomic mass is 10.1. The van der Waals surface area contributed by atoms with Gasteiger partial charge in [-0.2, -0.15) is 0 Å². The van der Waals surface area contributed by atoms with Crippen LogP contribution in [0.2, 0.25) is 0 Å². The quantitative estimate of drug-likeness (QED) is 0.200. The highest BCUT2D eigenvalue weighted by molar-refractivity contribution is 7.55. The van der Waals surface area contributed by atoms with Gasteiger partial charge in [-0.05, 0) is 49.9 Å². The second kappa shape index (κ2) is 14.4. The van der Waals surface area contributed by atoms with Crippen LogP contribution >= 0.6 is 17.2 Å². The lowest BCUT2D eigenvalue weighted by Crippen LogP contribution is -2.01. The van der Waals surface area contributed by atoms with Crippen LogP contribution in [0.5, 0.6) is 0 Å². The van der Waals surface area contributed by atoms with Gasteiger partial charge >= 0.3 is 0 Å². The first-order chi connectivity index (χ1) is 19.3. The molecule has 0 aliphatic heterocycles. The Hall–Kier alpha value is -3.82. The summed E-state index contributed by atoms with van der Waals surface area (Å²) in [5.74, 6) is 0. The molecule has 0 radical (unpaired) electrons. The number of hydrogen-bond donors (Lipinski definition) is 0. The summed E-state index contributed by atoms with van der Waals surface area (Å²) in [4.78, 5) is 0. The molecule has 0 amide bonds. The van der Waals surface area contributed by atoms with Crippen LogP contribution in [0.3, 0.4) is 0 Å². The third kappa shape index (κ3) is 8.08. The molecule has 7 rings (SSSR count). The monoisotopic (exact) mass is 538 g/mol. The van der Waals surface area contributed by atoms with E-state index in [0.29, 0.717) is 0 Å². The van der Waals surface area contributed by atoms with E-state index in [2.05, 4.69) is 170 Å². The van der Waals surface area contributed by atoms with Gasteiger partial charge in [-0.1, -0.05) is 187 Å². The Labute approximate surface area is 236 Å². The molecule has 0 unspecified atom stereocenters. The molecule has 0 spiro atoms.